The maximum absolute atomic E-state index is 9.12. The molecule has 0 fully saturated rings. The lowest BCUT2D eigenvalue weighted by atomic mass is 10.2. The van der Waals surface area contributed by atoms with E-state index in [1.54, 1.807) is 10.9 Å². The molecule has 0 radical (unpaired) electrons. The second-order valence-electron chi connectivity index (χ2n) is 3.13. The first-order valence-electron chi connectivity index (χ1n) is 4.30. The van der Waals surface area contributed by atoms with E-state index >= 15 is 0 Å². The molecule has 0 bridgehead atoms. The highest BCUT2D eigenvalue weighted by atomic mass is 79.9. The van der Waals surface area contributed by atoms with Crippen LogP contribution < -0.4 is 0 Å². The molecule has 0 aliphatic heterocycles. The van der Waals surface area contributed by atoms with Gasteiger partial charge in [0, 0.05) is 9.50 Å². The van der Waals surface area contributed by atoms with E-state index in [1.165, 1.54) is 6.20 Å². The summed E-state index contributed by atoms with van der Waals surface area (Å²) >= 11 is 9.39. The van der Waals surface area contributed by atoms with E-state index in [0.717, 1.165) is 10.0 Å². The van der Waals surface area contributed by atoms with E-state index in [4.69, 9.17) is 16.7 Å². The average Bonchev–Trinajstić information content (AvgIpc) is 2.56. The number of aromatic hydroxyl groups is 1. The Morgan fingerprint density at radius 2 is 2.27 bits per heavy atom. The fraction of sp³-hybridized carbons (Fsp3) is 0.100. The summed E-state index contributed by atoms with van der Waals surface area (Å²) in [6, 6.07) is 5.68. The van der Waals surface area contributed by atoms with Crippen molar-refractivity contribution in [2.45, 2.75) is 6.54 Å². The van der Waals surface area contributed by atoms with Crippen molar-refractivity contribution in [3.63, 3.8) is 0 Å². The largest absolute Gasteiger partial charge is 0.505 e. The molecular formula is C10H8BrClN2O. The van der Waals surface area contributed by atoms with Crippen molar-refractivity contribution < 1.29 is 5.11 Å². The van der Waals surface area contributed by atoms with Gasteiger partial charge in [0.05, 0.1) is 18.9 Å². The van der Waals surface area contributed by atoms with Gasteiger partial charge < -0.3 is 5.11 Å². The van der Waals surface area contributed by atoms with E-state index in [9.17, 15) is 0 Å². The highest BCUT2D eigenvalue weighted by molar-refractivity contribution is 9.10. The summed E-state index contributed by atoms with van der Waals surface area (Å²) in [6.07, 6.45) is 2.95. The minimum atomic E-state index is 0.156. The Labute approximate surface area is 100 Å². The van der Waals surface area contributed by atoms with Gasteiger partial charge in [-0.15, -0.1) is 0 Å². The van der Waals surface area contributed by atoms with Crippen LogP contribution in [-0.4, -0.2) is 14.9 Å². The van der Waals surface area contributed by atoms with E-state index in [0.29, 0.717) is 11.6 Å². The van der Waals surface area contributed by atoms with Crippen LogP contribution in [0.5, 0.6) is 5.75 Å². The molecule has 1 aromatic carbocycles. The number of benzene rings is 1. The van der Waals surface area contributed by atoms with Gasteiger partial charge >= 0.3 is 0 Å². The number of rotatable bonds is 2. The normalized spacial score (nSPS) is 10.5. The van der Waals surface area contributed by atoms with Crippen LogP contribution in [0.4, 0.5) is 0 Å². The average molecular weight is 288 g/mol. The van der Waals surface area contributed by atoms with Gasteiger partial charge in [-0.05, 0) is 17.7 Å². The zero-order chi connectivity index (χ0) is 10.8. The molecule has 0 atom stereocenters. The zero-order valence-electron chi connectivity index (χ0n) is 7.69. The number of hydrogen-bond donors (Lipinski definition) is 1. The van der Waals surface area contributed by atoms with Gasteiger partial charge in [-0.3, -0.25) is 4.68 Å². The van der Waals surface area contributed by atoms with Crippen LogP contribution in [0, 0.1) is 0 Å². The van der Waals surface area contributed by atoms with Crippen molar-refractivity contribution in [3.05, 3.63) is 45.7 Å². The molecule has 5 heteroatoms. The van der Waals surface area contributed by atoms with Gasteiger partial charge in [0.1, 0.15) is 0 Å². The molecule has 1 heterocycles. The Morgan fingerprint density at radius 1 is 1.47 bits per heavy atom. The molecule has 78 valence electrons. The second kappa shape index (κ2) is 4.24. The Hall–Kier alpha value is -1.000. The third-order valence-corrected chi connectivity index (χ3v) is 2.81. The lowest BCUT2D eigenvalue weighted by Gasteiger charge is -2.04. The molecule has 0 saturated carbocycles. The fourth-order valence-electron chi connectivity index (χ4n) is 1.26. The summed E-state index contributed by atoms with van der Waals surface area (Å²) < 4.78 is 2.57. The van der Waals surface area contributed by atoms with Crippen LogP contribution in [0.2, 0.25) is 5.02 Å². The number of hydrogen-bond acceptors (Lipinski definition) is 2. The molecule has 0 amide bonds. The Morgan fingerprint density at radius 3 is 2.87 bits per heavy atom. The van der Waals surface area contributed by atoms with Crippen molar-refractivity contribution in [2.24, 2.45) is 0 Å². The minimum absolute atomic E-state index is 0.156. The number of nitrogens with zero attached hydrogens (tertiary/aromatic N) is 2. The Kier molecular flexibility index (Phi) is 2.98. The summed E-state index contributed by atoms with van der Waals surface area (Å²) in [6.45, 7) is 0.548. The monoisotopic (exact) mass is 286 g/mol. The van der Waals surface area contributed by atoms with Gasteiger partial charge in [-0.25, -0.2) is 0 Å². The predicted molar refractivity (Wildman–Crippen MR) is 62.1 cm³/mol. The Bertz CT molecular complexity index is 484. The molecule has 0 aliphatic rings. The van der Waals surface area contributed by atoms with Crippen LogP contribution in [0.1, 0.15) is 5.56 Å². The molecule has 1 aromatic heterocycles. The van der Waals surface area contributed by atoms with E-state index < -0.39 is 0 Å². The van der Waals surface area contributed by atoms with E-state index in [2.05, 4.69) is 21.0 Å². The molecule has 0 spiro atoms. The molecular weight excluding hydrogens is 279 g/mol. The first-order chi connectivity index (χ1) is 7.15. The first-order valence-corrected chi connectivity index (χ1v) is 5.47. The van der Waals surface area contributed by atoms with Gasteiger partial charge in [0.25, 0.3) is 0 Å². The maximum atomic E-state index is 9.12. The predicted octanol–water partition coefficient (Wildman–Crippen LogP) is 3.05. The van der Waals surface area contributed by atoms with Crippen molar-refractivity contribution in [3.8, 4) is 5.75 Å². The molecule has 2 rings (SSSR count). The summed E-state index contributed by atoms with van der Waals surface area (Å²) in [5, 5.41) is 13.8. The highest BCUT2D eigenvalue weighted by Crippen LogP contribution is 2.22. The quantitative estimate of drug-likeness (QED) is 0.922. The molecule has 0 saturated heterocycles. The second-order valence-corrected chi connectivity index (χ2v) is 4.45. The van der Waals surface area contributed by atoms with Crippen molar-refractivity contribution in [2.75, 3.05) is 0 Å². The molecule has 0 aliphatic carbocycles. The van der Waals surface area contributed by atoms with Crippen molar-refractivity contribution in [1.29, 1.82) is 0 Å². The summed E-state index contributed by atoms with van der Waals surface area (Å²) in [5.41, 5.74) is 0.961. The SMILES string of the molecule is Oc1cnn(Cc2ccc(Br)cc2Cl)c1. The first kappa shape index (κ1) is 10.5. The molecule has 3 nitrogen and oxygen atoms in total. The summed E-state index contributed by atoms with van der Waals surface area (Å²) in [7, 11) is 0. The standard InChI is InChI=1S/C10H8BrClN2O/c11-8-2-1-7(10(12)3-8)5-14-6-9(15)4-13-14/h1-4,6,15H,5H2. The van der Waals surface area contributed by atoms with Gasteiger partial charge in [-0.2, -0.15) is 5.10 Å². The zero-order valence-corrected chi connectivity index (χ0v) is 10.0. The van der Waals surface area contributed by atoms with Gasteiger partial charge in [0.15, 0.2) is 5.75 Å². The van der Waals surface area contributed by atoms with E-state index in [-0.39, 0.29) is 5.75 Å². The minimum Gasteiger partial charge on any atom is -0.505 e. The molecule has 15 heavy (non-hydrogen) atoms. The fourth-order valence-corrected chi connectivity index (χ4v) is 2.00. The Balaban J connectivity index is 2.24. The van der Waals surface area contributed by atoms with E-state index in [1.807, 2.05) is 18.2 Å². The van der Waals surface area contributed by atoms with Crippen molar-refractivity contribution in [1.82, 2.24) is 9.78 Å². The third-order valence-electron chi connectivity index (χ3n) is 1.97. The van der Waals surface area contributed by atoms with Crippen LogP contribution >= 0.6 is 27.5 Å². The lowest BCUT2D eigenvalue weighted by molar-refractivity contribution is 0.474. The summed E-state index contributed by atoms with van der Waals surface area (Å²) in [4.78, 5) is 0. The smallest absolute Gasteiger partial charge is 0.153 e. The third kappa shape index (κ3) is 2.52. The number of halogens is 2. The van der Waals surface area contributed by atoms with Gasteiger partial charge in [-0.1, -0.05) is 33.6 Å². The van der Waals surface area contributed by atoms with Crippen molar-refractivity contribution >= 4 is 27.5 Å². The maximum Gasteiger partial charge on any atom is 0.153 e. The van der Waals surface area contributed by atoms with Crippen LogP contribution in [0.25, 0.3) is 0 Å². The van der Waals surface area contributed by atoms with Crippen LogP contribution in [0.3, 0.4) is 0 Å². The molecule has 1 N–H and O–H groups in total. The summed E-state index contributed by atoms with van der Waals surface area (Å²) in [5.74, 6) is 0.156. The van der Waals surface area contributed by atoms with Crippen LogP contribution in [0.15, 0.2) is 35.1 Å². The number of aromatic nitrogens is 2. The highest BCUT2D eigenvalue weighted by Gasteiger charge is 2.03. The lowest BCUT2D eigenvalue weighted by Crippen LogP contribution is -2.00. The molecule has 0 unspecified atom stereocenters. The van der Waals surface area contributed by atoms with Crippen LogP contribution in [-0.2, 0) is 6.54 Å². The topological polar surface area (TPSA) is 38.1 Å². The van der Waals surface area contributed by atoms with Gasteiger partial charge in [0.2, 0.25) is 0 Å². The molecule has 2 aromatic rings.